The number of ether oxygens (including phenoxy) is 1. The van der Waals surface area contributed by atoms with Crippen molar-refractivity contribution >= 4 is 10.1 Å². The van der Waals surface area contributed by atoms with Crippen LogP contribution in [0.3, 0.4) is 0 Å². The first-order valence-electron chi connectivity index (χ1n) is 2.94. The Bertz CT molecular complexity index is 276. The van der Waals surface area contributed by atoms with Crippen LogP contribution in [0.25, 0.3) is 0 Å². The molecule has 0 unspecified atom stereocenters. The third-order valence-electron chi connectivity index (χ3n) is 0.731. The van der Waals surface area contributed by atoms with Crippen molar-refractivity contribution in [1.29, 1.82) is 0 Å². The minimum atomic E-state index is -4.95. The van der Waals surface area contributed by atoms with E-state index in [0.717, 1.165) is 0 Å². The third kappa shape index (κ3) is 3.63. The third-order valence-corrected chi connectivity index (χ3v) is 1.45. The lowest BCUT2D eigenvalue weighted by Crippen LogP contribution is -2.11. The van der Waals surface area contributed by atoms with Gasteiger partial charge in [-0.05, 0) is 13.8 Å². The average Bonchev–Trinajstić information content (AvgIpc) is 1.79. The Balaban J connectivity index is 4.86. The Morgan fingerprint density at radius 1 is 1.42 bits per heavy atom. The Morgan fingerprint density at radius 3 is 1.92 bits per heavy atom. The quantitative estimate of drug-likeness (QED) is 0.554. The van der Waals surface area contributed by atoms with E-state index < -0.39 is 27.4 Å². The highest BCUT2D eigenvalue weighted by Gasteiger charge is 2.23. The van der Waals surface area contributed by atoms with E-state index in [0.29, 0.717) is 0 Å². The molecule has 4 nitrogen and oxygen atoms in total. The lowest BCUT2D eigenvalue weighted by atomic mass is 10.5. The highest BCUT2D eigenvalue weighted by Crippen LogP contribution is 2.16. The summed E-state index contributed by atoms with van der Waals surface area (Å²) in [6, 6.07) is 0. The molecule has 0 saturated heterocycles. The molecule has 0 aromatic rings. The van der Waals surface area contributed by atoms with Crippen molar-refractivity contribution in [3.05, 3.63) is 11.2 Å². The lowest BCUT2D eigenvalue weighted by molar-refractivity contribution is 0.145. The summed E-state index contributed by atoms with van der Waals surface area (Å²) in [6.45, 7) is 2.71. The maximum atomic E-state index is 11.8. The van der Waals surface area contributed by atoms with E-state index in [4.69, 9.17) is 4.55 Å². The minimum absolute atomic E-state index is 0.747. The molecule has 1 N–H and O–H groups in total. The van der Waals surface area contributed by atoms with Crippen molar-refractivity contribution in [2.24, 2.45) is 0 Å². The van der Waals surface area contributed by atoms with Gasteiger partial charge in [0.1, 0.15) is 0 Å². The molecule has 0 bridgehead atoms. The van der Waals surface area contributed by atoms with Crippen LogP contribution < -0.4 is 0 Å². The predicted octanol–water partition coefficient (Wildman–Crippen LogP) is 1.36. The van der Waals surface area contributed by atoms with Gasteiger partial charge in [-0.25, -0.2) is 0 Å². The summed E-state index contributed by atoms with van der Waals surface area (Å²) >= 11 is 0. The predicted molar refractivity (Wildman–Crippen MR) is 37.0 cm³/mol. The van der Waals surface area contributed by atoms with Crippen LogP contribution in [0, 0.1) is 0 Å². The molecule has 0 aliphatic heterocycles. The number of hydrogen-bond donors (Lipinski definition) is 1. The van der Waals surface area contributed by atoms with Crippen molar-refractivity contribution in [1.82, 2.24) is 0 Å². The Hall–Kier alpha value is -0.690. The van der Waals surface area contributed by atoms with Crippen molar-refractivity contribution in [2.75, 3.05) is 0 Å². The summed E-state index contributed by atoms with van der Waals surface area (Å²) < 4.78 is 56.3. The highest BCUT2D eigenvalue weighted by atomic mass is 32.2. The van der Waals surface area contributed by atoms with Crippen LogP contribution in [0.5, 0.6) is 0 Å². The van der Waals surface area contributed by atoms with Gasteiger partial charge >= 0.3 is 21.3 Å². The molecule has 0 aliphatic carbocycles. The average molecular weight is 202 g/mol. The first-order valence-corrected chi connectivity index (χ1v) is 4.38. The topological polar surface area (TPSA) is 63.6 Å². The second-order valence-electron chi connectivity index (χ2n) is 2.19. The Morgan fingerprint density at radius 2 is 1.83 bits per heavy atom. The molecule has 0 aromatic carbocycles. The molecule has 12 heavy (non-hydrogen) atoms. The molecule has 0 saturated carbocycles. The zero-order valence-corrected chi connectivity index (χ0v) is 7.23. The molecule has 0 amide bonds. The molecule has 0 radical (unpaired) electrons. The van der Waals surface area contributed by atoms with Crippen molar-refractivity contribution < 1.29 is 26.5 Å². The van der Waals surface area contributed by atoms with Gasteiger partial charge in [0, 0.05) is 0 Å². The highest BCUT2D eigenvalue weighted by molar-refractivity contribution is 7.89. The van der Waals surface area contributed by atoms with Gasteiger partial charge in [0.2, 0.25) is 0 Å². The summed E-state index contributed by atoms with van der Waals surface area (Å²) in [5.41, 5.74) is 0. The van der Waals surface area contributed by atoms with Gasteiger partial charge in [-0.3, -0.25) is 4.55 Å². The first kappa shape index (κ1) is 11.3. The fourth-order valence-corrected chi connectivity index (χ4v) is 0.926. The zero-order valence-electron chi connectivity index (χ0n) is 6.41. The molecular formula is C5H8F2O4S. The largest absolute Gasteiger partial charge is 0.475 e. The van der Waals surface area contributed by atoms with E-state index in [1.165, 1.54) is 13.8 Å². The normalized spacial score (nSPS) is 11.5. The van der Waals surface area contributed by atoms with Gasteiger partial charge in [-0.15, -0.1) is 0 Å². The van der Waals surface area contributed by atoms with Crippen LogP contribution in [-0.4, -0.2) is 19.1 Å². The Labute approximate surface area is 68.6 Å². The number of halogens is 2. The summed E-state index contributed by atoms with van der Waals surface area (Å²) in [7, 11) is -4.95. The van der Waals surface area contributed by atoms with Gasteiger partial charge in [0.15, 0.2) is 0 Å². The first-order chi connectivity index (χ1) is 5.25. The van der Waals surface area contributed by atoms with E-state index in [9.17, 15) is 17.2 Å². The molecule has 0 heterocycles. The van der Waals surface area contributed by atoms with E-state index in [1.807, 2.05) is 0 Å². The maximum absolute atomic E-state index is 11.8. The molecule has 0 spiro atoms. The van der Waals surface area contributed by atoms with Crippen LogP contribution in [0.4, 0.5) is 8.78 Å². The smallest absolute Gasteiger partial charge is 0.333 e. The van der Waals surface area contributed by atoms with Crippen LogP contribution >= 0.6 is 0 Å². The van der Waals surface area contributed by atoms with Crippen molar-refractivity contribution in [3.63, 3.8) is 0 Å². The molecule has 72 valence electrons. The van der Waals surface area contributed by atoms with Crippen LogP contribution in [0.2, 0.25) is 0 Å². The zero-order chi connectivity index (χ0) is 9.94. The van der Waals surface area contributed by atoms with E-state index in [1.54, 1.807) is 0 Å². The SMILES string of the molecule is CC(C)OC(=C(F)F)S(=O)(=O)O. The molecule has 7 heteroatoms. The van der Waals surface area contributed by atoms with Crippen LogP contribution in [0.1, 0.15) is 13.8 Å². The summed E-state index contributed by atoms with van der Waals surface area (Å²) in [5, 5.41) is -1.68. The van der Waals surface area contributed by atoms with Crippen LogP contribution in [-0.2, 0) is 14.9 Å². The van der Waals surface area contributed by atoms with Gasteiger partial charge in [0.05, 0.1) is 6.10 Å². The maximum Gasteiger partial charge on any atom is 0.333 e. The van der Waals surface area contributed by atoms with Crippen LogP contribution in [0.15, 0.2) is 11.2 Å². The van der Waals surface area contributed by atoms with Gasteiger partial charge in [-0.1, -0.05) is 0 Å². The molecule has 0 atom stereocenters. The number of rotatable bonds is 3. The summed E-state index contributed by atoms with van der Waals surface area (Å²) in [4.78, 5) is 0. The summed E-state index contributed by atoms with van der Waals surface area (Å²) in [6.07, 6.45) is -3.31. The van der Waals surface area contributed by atoms with E-state index >= 15 is 0 Å². The molecule has 0 fully saturated rings. The second kappa shape index (κ2) is 3.81. The van der Waals surface area contributed by atoms with Gasteiger partial charge < -0.3 is 4.74 Å². The molecule has 0 rings (SSSR count). The fraction of sp³-hybridized carbons (Fsp3) is 0.600. The molecular weight excluding hydrogens is 194 g/mol. The standard InChI is InChI=1S/C5H8F2O4S/c1-3(2)11-5(4(6)7)12(8,9)10/h3H,1-2H3,(H,8,9,10). The molecule has 0 aliphatic rings. The van der Waals surface area contributed by atoms with E-state index in [-0.39, 0.29) is 0 Å². The minimum Gasteiger partial charge on any atom is -0.475 e. The lowest BCUT2D eigenvalue weighted by Gasteiger charge is -2.08. The van der Waals surface area contributed by atoms with Crippen molar-refractivity contribution in [2.45, 2.75) is 20.0 Å². The van der Waals surface area contributed by atoms with Crippen molar-refractivity contribution in [3.8, 4) is 0 Å². The van der Waals surface area contributed by atoms with Gasteiger partial charge in [0.25, 0.3) is 0 Å². The second-order valence-corrected chi connectivity index (χ2v) is 3.51. The summed E-state index contributed by atoms with van der Waals surface area (Å²) in [5.74, 6) is 0. The monoisotopic (exact) mass is 202 g/mol. The number of hydrogen-bond acceptors (Lipinski definition) is 3. The Kier molecular flexibility index (Phi) is 3.59. The molecule has 0 aromatic heterocycles. The fourth-order valence-electron chi connectivity index (χ4n) is 0.417. The van der Waals surface area contributed by atoms with Gasteiger partial charge in [-0.2, -0.15) is 17.2 Å². The van der Waals surface area contributed by atoms with E-state index in [2.05, 4.69) is 4.74 Å².